The summed E-state index contributed by atoms with van der Waals surface area (Å²) in [6.07, 6.45) is 3.15. The Bertz CT molecular complexity index is 528. The molecule has 2 amide bonds. The van der Waals surface area contributed by atoms with E-state index in [0.717, 1.165) is 29.8 Å². The van der Waals surface area contributed by atoms with Gasteiger partial charge in [0.15, 0.2) is 0 Å². The first-order valence-electron chi connectivity index (χ1n) is 6.88. The predicted octanol–water partition coefficient (Wildman–Crippen LogP) is 2.40. The third-order valence-electron chi connectivity index (χ3n) is 3.21. The van der Waals surface area contributed by atoms with Crippen molar-refractivity contribution in [2.45, 2.75) is 33.2 Å². The van der Waals surface area contributed by atoms with Gasteiger partial charge in [0.2, 0.25) is 11.8 Å². The van der Waals surface area contributed by atoms with E-state index >= 15 is 0 Å². The number of benzene rings is 1. The van der Waals surface area contributed by atoms with Crippen molar-refractivity contribution in [3.05, 3.63) is 41.5 Å². The van der Waals surface area contributed by atoms with E-state index in [1.165, 1.54) is 0 Å². The number of carbonyl (C=O) groups excluding carboxylic acids is 2. The fourth-order valence-electron chi connectivity index (χ4n) is 2.22. The Morgan fingerprint density at radius 1 is 1.30 bits per heavy atom. The minimum absolute atomic E-state index is 0.0798. The lowest BCUT2D eigenvalue weighted by Crippen LogP contribution is -2.24. The zero-order valence-corrected chi connectivity index (χ0v) is 12.0. The lowest BCUT2D eigenvalue weighted by molar-refractivity contribution is -0.117. The molecule has 1 aromatic carbocycles. The molecule has 0 unspecified atom stereocenters. The first-order valence-corrected chi connectivity index (χ1v) is 6.88. The molecular formula is C16H20N2O2. The summed E-state index contributed by atoms with van der Waals surface area (Å²) in [5, 5.41) is 2.83. The first-order chi connectivity index (χ1) is 9.56. The number of amides is 2. The molecule has 1 fully saturated rings. The summed E-state index contributed by atoms with van der Waals surface area (Å²) in [5.41, 5.74) is 2.94. The predicted molar refractivity (Wildman–Crippen MR) is 79.3 cm³/mol. The molecule has 20 heavy (non-hydrogen) atoms. The molecule has 1 aromatic rings. The summed E-state index contributed by atoms with van der Waals surface area (Å²) >= 11 is 0. The standard InChI is InChI=1S/C16H20N2O2/c1-12(2)10-15(19)17-11-13-5-7-14(8-6-13)18-9-3-4-16(18)20/h5-8,10H,3-4,9,11H2,1-2H3,(H,17,19). The first kappa shape index (κ1) is 14.3. The Labute approximate surface area is 119 Å². The Morgan fingerprint density at radius 2 is 2.00 bits per heavy atom. The van der Waals surface area contributed by atoms with E-state index in [-0.39, 0.29) is 11.8 Å². The van der Waals surface area contributed by atoms with Crippen molar-refractivity contribution < 1.29 is 9.59 Å². The third-order valence-corrected chi connectivity index (χ3v) is 3.21. The second kappa shape index (κ2) is 6.37. The zero-order valence-electron chi connectivity index (χ0n) is 12.0. The highest BCUT2D eigenvalue weighted by atomic mass is 16.2. The Balaban J connectivity index is 1.93. The lowest BCUT2D eigenvalue weighted by atomic mass is 10.2. The number of allylic oxidation sites excluding steroid dienone is 1. The average Bonchev–Trinajstić information content (AvgIpc) is 2.82. The Morgan fingerprint density at radius 3 is 2.55 bits per heavy atom. The molecule has 0 aliphatic carbocycles. The summed E-state index contributed by atoms with van der Waals surface area (Å²) in [6, 6.07) is 7.77. The monoisotopic (exact) mass is 272 g/mol. The number of nitrogens with one attached hydrogen (secondary N) is 1. The Kier molecular flexibility index (Phi) is 4.56. The maximum Gasteiger partial charge on any atom is 0.244 e. The van der Waals surface area contributed by atoms with Gasteiger partial charge in [-0.1, -0.05) is 17.7 Å². The zero-order chi connectivity index (χ0) is 14.5. The molecule has 0 aromatic heterocycles. The van der Waals surface area contributed by atoms with E-state index < -0.39 is 0 Å². The number of rotatable bonds is 4. The minimum Gasteiger partial charge on any atom is -0.348 e. The van der Waals surface area contributed by atoms with Gasteiger partial charge in [0, 0.05) is 31.3 Å². The van der Waals surface area contributed by atoms with Crippen molar-refractivity contribution in [1.82, 2.24) is 5.32 Å². The molecule has 2 rings (SSSR count). The van der Waals surface area contributed by atoms with Gasteiger partial charge in [-0.25, -0.2) is 0 Å². The van der Waals surface area contributed by atoms with Crippen LogP contribution in [0.25, 0.3) is 0 Å². The van der Waals surface area contributed by atoms with Crippen LogP contribution in [0.5, 0.6) is 0 Å². The highest BCUT2D eigenvalue weighted by Gasteiger charge is 2.21. The second-order valence-electron chi connectivity index (χ2n) is 5.25. The number of carbonyl (C=O) groups is 2. The van der Waals surface area contributed by atoms with Gasteiger partial charge in [-0.2, -0.15) is 0 Å². The van der Waals surface area contributed by atoms with Crippen LogP contribution in [0.4, 0.5) is 5.69 Å². The van der Waals surface area contributed by atoms with E-state index in [4.69, 9.17) is 0 Å². The van der Waals surface area contributed by atoms with Crippen LogP contribution in [0, 0.1) is 0 Å². The normalized spacial score (nSPS) is 14.3. The second-order valence-corrected chi connectivity index (χ2v) is 5.25. The number of nitrogens with zero attached hydrogens (tertiary/aromatic N) is 1. The summed E-state index contributed by atoms with van der Waals surface area (Å²) in [5.74, 6) is 0.110. The number of anilines is 1. The molecule has 0 spiro atoms. The van der Waals surface area contributed by atoms with Gasteiger partial charge in [0.05, 0.1) is 0 Å². The van der Waals surface area contributed by atoms with Crippen LogP contribution >= 0.6 is 0 Å². The molecule has 4 nitrogen and oxygen atoms in total. The van der Waals surface area contributed by atoms with Crippen LogP contribution < -0.4 is 10.2 Å². The quantitative estimate of drug-likeness (QED) is 0.856. The van der Waals surface area contributed by atoms with Crippen LogP contribution in [-0.4, -0.2) is 18.4 Å². The average molecular weight is 272 g/mol. The topological polar surface area (TPSA) is 49.4 Å². The maximum atomic E-state index is 11.6. The number of hydrogen-bond acceptors (Lipinski definition) is 2. The van der Waals surface area contributed by atoms with Gasteiger partial charge < -0.3 is 10.2 Å². The van der Waals surface area contributed by atoms with Gasteiger partial charge in [0.25, 0.3) is 0 Å². The largest absolute Gasteiger partial charge is 0.348 e. The minimum atomic E-state index is -0.0798. The van der Waals surface area contributed by atoms with Crippen molar-refractivity contribution in [3.8, 4) is 0 Å². The molecule has 1 saturated heterocycles. The Hall–Kier alpha value is -2.10. The molecule has 0 radical (unpaired) electrons. The molecule has 106 valence electrons. The van der Waals surface area contributed by atoms with Gasteiger partial charge in [-0.05, 0) is 38.0 Å². The molecule has 0 bridgehead atoms. The van der Waals surface area contributed by atoms with Crippen molar-refractivity contribution in [2.75, 3.05) is 11.4 Å². The SMILES string of the molecule is CC(C)=CC(=O)NCc1ccc(N2CCCC2=O)cc1. The molecular weight excluding hydrogens is 252 g/mol. The van der Waals surface area contributed by atoms with Gasteiger partial charge in [-0.15, -0.1) is 0 Å². The van der Waals surface area contributed by atoms with E-state index in [1.54, 1.807) is 6.08 Å². The summed E-state index contributed by atoms with van der Waals surface area (Å²) in [4.78, 5) is 25.0. The maximum absolute atomic E-state index is 11.6. The lowest BCUT2D eigenvalue weighted by Gasteiger charge is -2.15. The molecule has 0 atom stereocenters. The fraction of sp³-hybridized carbons (Fsp3) is 0.375. The van der Waals surface area contributed by atoms with Crippen molar-refractivity contribution in [2.24, 2.45) is 0 Å². The van der Waals surface area contributed by atoms with Crippen LogP contribution in [0.15, 0.2) is 35.9 Å². The van der Waals surface area contributed by atoms with E-state index in [1.807, 2.05) is 43.0 Å². The third kappa shape index (κ3) is 3.70. The smallest absolute Gasteiger partial charge is 0.244 e. The molecule has 4 heteroatoms. The summed E-state index contributed by atoms with van der Waals surface area (Å²) in [6.45, 7) is 5.08. The van der Waals surface area contributed by atoms with Crippen molar-refractivity contribution in [3.63, 3.8) is 0 Å². The van der Waals surface area contributed by atoms with Crippen LogP contribution in [0.2, 0.25) is 0 Å². The van der Waals surface area contributed by atoms with Gasteiger partial charge >= 0.3 is 0 Å². The summed E-state index contributed by atoms with van der Waals surface area (Å²) in [7, 11) is 0. The molecule has 0 saturated carbocycles. The van der Waals surface area contributed by atoms with Crippen LogP contribution in [-0.2, 0) is 16.1 Å². The number of hydrogen-bond donors (Lipinski definition) is 1. The fourth-order valence-corrected chi connectivity index (χ4v) is 2.22. The van der Waals surface area contributed by atoms with Crippen molar-refractivity contribution >= 4 is 17.5 Å². The molecule has 1 heterocycles. The molecule has 1 aliphatic rings. The summed E-state index contributed by atoms with van der Waals surface area (Å²) < 4.78 is 0. The van der Waals surface area contributed by atoms with E-state index in [2.05, 4.69) is 5.32 Å². The molecule has 1 N–H and O–H groups in total. The van der Waals surface area contributed by atoms with Crippen molar-refractivity contribution in [1.29, 1.82) is 0 Å². The highest BCUT2D eigenvalue weighted by Crippen LogP contribution is 2.21. The molecule has 1 aliphatic heterocycles. The van der Waals surface area contributed by atoms with E-state index in [9.17, 15) is 9.59 Å². The van der Waals surface area contributed by atoms with Crippen LogP contribution in [0.3, 0.4) is 0 Å². The van der Waals surface area contributed by atoms with Crippen LogP contribution in [0.1, 0.15) is 32.3 Å². The highest BCUT2D eigenvalue weighted by molar-refractivity contribution is 5.95. The van der Waals surface area contributed by atoms with Gasteiger partial charge in [0.1, 0.15) is 0 Å². The van der Waals surface area contributed by atoms with Gasteiger partial charge in [-0.3, -0.25) is 9.59 Å². The van der Waals surface area contributed by atoms with E-state index in [0.29, 0.717) is 13.0 Å².